The molecule has 36 heavy (non-hydrogen) atoms. The van der Waals surface area contributed by atoms with E-state index >= 15 is 0 Å². The average Bonchev–Trinajstić information content (AvgIpc) is 2.84. The second-order valence-corrected chi connectivity index (χ2v) is 13.4. The Balaban J connectivity index is 1.85. The Kier molecular flexibility index (Phi) is 7.48. The molecule has 184 valence electrons. The van der Waals surface area contributed by atoms with E-state index in [-0.39, 0.29) is 10.8 Å². The number of hydrogen-bond acceptors (Lipinski definition) is 2. The van der Waals surface area contributed by atoms with Gasteiger partial charge in [0.05, 0.1) is 5.69 Å². The Morgan fingerprint density at radius 2 is 1.19 bits per heavy atom. The minimum absolute atomic E-state index is 0.0386. The van der Waals surface area contributed by atoms with Crippen LogP contribution in [0.2, 0.25) is 0 Å². The third-order valence-electron chi connectivity index (χ3n) is 6.31. The molecule has 0 atom stereocenters. The Morgan fingerprint density at radius 3 is 1.72 bits per heavy atom. The van der Waals surface area contributed by atoms with Gasteiger partial charge in [-0.05, 0) is 47.1 Å². The normalized spacial score (nSPS) is 12.4. The van der Waals surface area contributed by atoms with Crippen molar-refractivity contribution in [3.8, 4) is 5.75 Å². The van der Waals surface area contributed by atoms with Crippen LogP contribution in [0.3, 0.4) is 0 Å². The summed E-state index contributed by atoms with van der Waals surface area (Å²) in [7, 11) is -0.781. The number of aliphatic imine (C=N–C) groups is 1. The molecule has 4 aromatic rings. The topological polar surface area (TPSA) is 32.6 Å². The molecule has 4 rings (SSSR count). The maximum atomic E-state index is 11.2. The summed E-state index contributed by atoms with van der Waals surface area (Å²) in [5.74, 6) is 0.310. The number of hydrogen-bond donors (Lipinski definition) is 1. The van der Waals surface area contributed by atoms with Crippen LogP contribution in [0.1, 0.15) is 58.2 Å². The predicted molar refractivity (Wildman–Crippen MR) is 158 cm³/mol. The van der Waals surface area contributed by atoms with Gasteiger partial charge in [-0.25, -0.2) is 0 Å². The van der Waals surface area contributed by atoms with E-state index in [2.05, 4.69) is 133 Å². The molecule has 0 radical (unpaired) electrons. The lowest BCUT2D eigenvalue weighted by molar-refractivity contribution is 0.444. The molecule has 0 aliphatic rings. The molecule has 0 aliphatic heterocycles. The number of phenolic OH excluding ortho intramolecular Hbond substituents is 1. The smallest absolute Gasteiger partial charge is 0.128 e. The van der Waals surface area contributed by atoms with E-state index in [0.29, 0.717) is 5.75 Å². The van der Waals surface area contributed by atoms with Gasteiger partial charge in [-0.1, -0.05) is 126 Å². The van der Waals surface area contributed by atoms with Crippen LogP contribution in [0.15, 0.2) is 102 Å². The van der Waals surface area contributed by atoms with Crippen LogP contribution in [0.4, 0.5) is 5.69 Å². The summed E-state index contributed by atoms with van der Waals surface area (Å²) >= 11 is 0. The molecule has 0 saturated heterocycles. The molecule has 0 unspecified atom stereocenters. The van der Waals surface area contributed by atoms with Crippen LogP contribution in [-0.4, -0.2) is 11.3 Å². The molecular formula is C33H36NOP. The maximum absolute atomic E-state index is 11.2. The molecule has 0 aliphatic carbocycles. The summed E-state index contributed by atoms with van der Waals surface area (Å²) < 4.78 is 0. The summed E-state index contributed by atoms with van der Waals surface area (Å²) in [5.41, 5.74) is 3.60. The van der Waals surface area contributed by atoms with Gasteiger partial charge in [-0.15, -0.1) is 0 Å². The average molecular weight is 494 g/mol. The molecule has 0 amide bonds. The number of para-hydroxylation sites is 1. The van der Waals surface area contributed by atoms with Gasteiger partial charge in [0, 0.05) is 22.6 Å². The zero-order valence-corrected chi connectivity index (χ0v) is 23.1. The number of benzene rings is 4. The molecule has 2 nitrogen and oxygen atoms in total. The SMILES string of the molecule is CC(C)(C)c1cc(/C=N/c2ccccc2P(c2ccccc2)c2ccccc2)c(O)c(C(C)(C)C)c1. The molecule has 0 aromatic heterocycles. The molecule has 4 aromatic carbocycles. The zero-order valence-electron chi connectivity index (χ0n) is 22.2. The third kappa shape index (κ3) is 5.77. The minimum Gasteiger partial charge on any atom is -0.507 e. The molecule has 0 fully saturated rings. The lowest BCUT2D eigenvalue weighted by Crippen LogP contribution is -2.20. The molecule has 0 saturated carbocycles. The van der Waals surface area contributed by atoms with Gasteiger partial charge < -0.3 is 5.11 Å². The Bertz CT molecular complexity index is 1310. The van der Waals surface area contributed by atoms with Crippen LogP contribution in [0.25, 0.3) is 0 Å². The van der Waals surface area contributed by atoms with Gasteiger partial charge in [-0.3, -0.25) is 4.99 Å². The van der Waals surface area contributed by atoms with E-state index < -0.39 is 7.92 Å². The van der Waals surface area contributed by atoms with Gasteiger partial charge in [0.15, 0.2) is 0 Å². The van der Waals surface area contributed by atoms with E-state index in [1.807, 2.05) is 12.3 Å². The second kappa shape index (κ2) is 10.4. The first kappa shape index (κ1) is 25.9. The van der Waals surface area contributed by atoms with Gasteiger partial charge in [-0.2, -0.15) is 0 Å². The van der Waals surface area contributed by atoms with Crippen LogP contribution in [-0.2, 0) is 10.8 Å². The zero-order chi connectivity index (χ0) is 25.9. The number of aromatic hydroxyl groups is 1. The highest BCUT2D eigenvalue weighted by Gasteiger charge is 2.25. The highest BCUT2D eigenvalue weighted by atomic mass is 31.1. The quantitative estimate of drug-likeness (QED) is 0.227. The van der Waals surface area contributed by atoms with Crippen LogP contribution in [0, 0.1) is 0 Å². The van der Waals surface area contributed by atoms with Gasteiger partial charge >= 0.3 is 0 Å². The Morgan fingerprint density at radius 1 is 0.667 bits per heavy atom. The van der Waals surface area contributed by atoms with Crippen molar-refractivity contribution >= 4 is 35.7 Å². The van der Waals surface area contributed by atoms with E-state index in [4.69, 9.17) is 4.99 Å². The van der Waals surface area contributed by atoms with Gasteiger partial charge in [0.1, 0.15) is 5.75 Å². The third-order valence-corrected chi connectivity index (χ3v) is 8.80. The van der Waals surface area contributed by atoms with E-state index in [9.17, 15) is 5.11 Å². The van der Waals surface area contributed by atoms with Crippen LogP contribution in [0.5, 0.6) is 5.75 Å². The Labute approximate surface area is 217 Å². The number of nitrogens with zero attached hydrogens (tertiary/aromatic N) is 1. The first-order chi connectivity index (χ1) is 17.1. The summed E-state index contributed by atoms with van der Waals surface area (Å²) in [4.78, 5) is 4.99. The molecule has 0 spiro atoms. The van der Waals surface area contributed by atoms with Crippen molar-refractivity contribution < 1.29 is 5.11 Å². The number of rotatable bonds is 5. The van der Waals surface area contributed by atoms with Crippen LogP contribution >= 0.6 is 7.92 Å². The number of phenols is 1. The van der Waals surface area contributed by atoms with Crippen molar-refractivity contribution in [1.82, 2.24) is 0 Å². The molecule has 3 heteroatoms. The Hall–Kier alpha value is -3.22. The highest BCUT2D eigenvalue weighted by molar-refractivity contribution is 7.80. The minimum atomic E-state index is -0.781. The lowest BCUT2D eigenvalue weighted by Gasteiger charge is -2.27. The van der Waals surface area contributed by atoms with E-state index in [1.165, 1.54) is 21.5 Å². The standard InChI is InChI=1S/C33H36NOP/c1-32(2,3)25-21-24(31(35)28(22-25)33(4,5)6)23-34-29-19-13-14-20-30(29)36(26-15-9-7-10-16-26)27-17-11-8-12-18-27/h7-23,35H,1-6H3/b34-23+. The summed E-state index contributed by atoms with van der Waals surface area (Å²) in [6.45, 7) is 13.0. The monoisotopic (exact) mass is 493 g/mol. The van der Waals surface area contributed by atoms with Gasteiger partial charge in [0.25, 0.3) is 0 Å². The van der Waals surface area contributed by atoms with Crippen molar-refractivity contribution in [1.29, 1.82) is 0 Å². The fraction of sp³-hybridized carbons (Fsp3) is 0.242. The fourth-order valence-corrected chi connectivity index (χ4v) is 6.63. The molecular weight excluding hydrogens is 457 g/mol. The molecule has 0 bridgehead atoms. The van der Waals surface area contributed by atoms with Crippen molar-refractivity contribution in [2.75, 3.05) is 0 Å². The van der Waals surface area contributed by atoms with Crippen LogP contribution < -0.4 is 15.9 Å². The van der Waals surface area contributed by atoms with Crippen molar-refractivity contribution in [2.45, 2.75) is 52.4 Å². The lowest BCUT2D eigenvalue weighted by atomic mass is 9.79. The summed E-state index contributed by atoms with van der Waals surface area (Å²) in [6, 6.07) is 33.9. The van der Waals surface area contributed by atoms with Crippen molar-refractivity contribution in [3.63, 3.8) is 0 Å². The highest BCUT2D eigenvalue weighted by Crippen LogP contribution is 2.39. The summed E-state index contributed by atoms with van der Waals surface area (Å²) in [5, 5.41) is 15.0. The van der Waals surface area contributed by atoms with Gasteiger partial charge in [0.2, 0.25) is 0 Å². The predicted octanol–water partition coefficient (Wildman–Crippen LogP) is 7.50. The fourth-order valence-electron chi connectivity index (χ4n) is 4.24. The first-order valence-electron chi connectivity index (χ1n) is 12.5. The maximum Gasteiger partial charge on any atom is 0.128 e. The summed E-state index contributed by atoms with van der Waals surface area (Å²) in [6.07, 6.45) is 1.84. The molecule has 1 N–H and O–H groups in total. The van der Waals surface area contributed by atoms with Crippen molar-refractivity contribution in [3.05, 3.63) is 114 Å². The van der Waals surface area contributed by atoms with E-state index in [1.54, 1.807) is 0 Å². The largest absolute Gasteiger partial charge is 0.507 e. The van der Waals surface area contributed by atoms with Crippen molar-refractivity contribution in [2.24, 2.45) is 4.99 Å². The molecule has 0 heterocycles. The van der Waals surface area contributed by atoms with E-state index in [0.717, 1.165) is 16.8 Å². The second-order valence-electron chi connectivity index (χ2n) is 11.2. The first-order valence-corrected chi connectivity index (χ1v) is 13.8.